The van der Waals surface area contributed by atoms with Crippen LogP contribution in [0.15, 0.2) is 54.6 Å². The minimum atomic E-state index is -0.198. The van der Waals surface area contributed by atoms with E-state index in [4.69, 9.17) is 0 Å². The summed E-state index contributed by atoms with van der Waals surface area (Å²) in [6, 6.07) is 18.6. The number of halogens is 1. The van der Waals surface area contributed by atoms with Gasteiger partial charge in [0.05, 0.1) is 5.56 Å². The third-order valence-corrected chi connectivity index (χ3v) is 7.63. The van der Waals surface area contributed by atoms with Crippen molar-refractivity contribution in [1.29, 1.82) is 0 Å². The Balaban J connectivity index is 1.43. The van der Waals surface area contributed by atoms with E-state index in [1.165, 1.54) is 75.3 Å². The fourth-order valence-electron chi connectivity index (χ4n) is 5.40. The van der Waals surface area contributed by atoms with Gasteiger partial charge in [-0.25, -0.2) is 4.39 Å². The first-order valence-corrected chi connectivity index (χ1v) is 13.5. The van der Waals surface area contributed by atoms with E-state index in [0.29, 0.717) is 16.9 Å². The fourth-order valence-corrected chi connectivity index (χ4v) is 5.40. The molecule has 0 atom stereocenters. The van der Waals surface area contributed by atoms with Crippen molar-refractivity contribution < 1.29 is 4.39 Å². The SMILES string of the molecule is CCCCCC1CCC(c2ccc3c(F)c(C#Cc4ccc(CCCC)cc4)ccc3c2)CC1. The summed E-state index contributed by atoms with van der Waals surface area (Å²) < 4.78 is 15.2. The zero-order chi connectivity index (χ0) is 23.8. The zero-order valence-corrected chi connectivity index (χ0v) is 21.0. The number of fused-ring (bicyclic) bond motifs is 1. The Hall–Kier alpha value is -2.59. The Morgan fingerprint density at radius 2 is 1.56 bits per heavy atom. The average molecular weight is 455 g/mol. The van der Waals surface area contributed by atoms with Crippen molar-refractivity contribution in [3.8, 4) is 11.8 Å². The van der Waals surface area contributed by atoms with Gasteiger partial charge in [0, 0.05) is 10.9 Å². The highest BCUT2D eigenvalue weighted by Gasteiger charge is 2.22. The van der Waals surface area contributed by atoms with Gasteiger partial charge in [-0.15, -0.1) is 0 Å². The molecule has 1 fully saturated rings. The normalized spacial score (nSPS) is 18.0. The van der Waals surface area contributed by atoms with Crippen LogP contribution in [-0.2, 0) is 6.42 Å². The maximum atomic E-state index is 15.2. The highest BCUT2D eigenvalue weighted by molar-refractivity contribution is 5.85. The Morgan fingerprint density at radius 3 is 2.29 bits per heavy atom. The molecule has 4 rings (SSSR count). The molecule has 0 radical (unpaired) electrons. The first-order valence-electron chi connectivity index (χ1n) is 13.5. The molecule has 34 heavy (non-hydrogen) atoms. The molecule has 1 saturated carbocycles. The van der Waals surface area contributed by atoms with Gasteiger partial charge in [0.1, 0.15) is 5.82 Å². The molecule has 3 aromatic rings. The van der Waals surface area contributed by atoms with E-state index in [-0.39, 0.29) is 5.82 Å². The third kappa shape index (κ3) is 6.29. The van der Waals surface area contributed by atoms with Crippen LogP contribution in [0.4, 0.5) is 4.39 Å². The maximum absolute atomic E-state index is 15.2. The maximum Gasteiger partial charge on any atom is 0.146 e. The molecular weight excluding hydrogens is 415 g/mol. The Labute approximate surface area is 206 Å². The number of benzene rings is 3. The fraction of sp³-hybridized carbons (Fsp3) is 0.455. The number of aryl methyl sites for hydroxylation is 1. The number of unbranched alkanes of at least 4 members (excludes halogenated alkanes) is 3. The van der Waals surface area contributed by atoms with E-state index in [1.807, 2.05) is 30.3 Å². The summed E-state index contributed by atoms with van der Waals surface area (Å²) in [4.78, 5) is 0. The summed E-state index contributed by atoms with van der Waals surface area (Å²) in [6.45, 7) is 4.49. The largest absolute Gasteiger partial charge is 0.205 e. The van der Waals surface area contributed by atoms with Gasteiger partial charge in [-0.3, -0.25) is 0 Å². The molecule has 0 N–H and O–H groups in total. The summed E-state index contributed by atoms with van der Waals surface area (Å²) >= 11 is 0. The Morgan fingerprint density at radius 1 is 0.794 bits per heavy atom. The van der Waals surface area contributed by atoms with Crippen molar-refractivity contribution in [3.05, 3.63) is 82.7 Å². The van der Waals surface area contributed by atoms with Gasteiger partial charge in [-0.2, -0.15) is 0 Å². The van der Waals surface area contributed by atoms with Crippen molar-refractivity contribution in [1.82, 2.24) is 0 Å². The summed E-state index contributed by atoms with van der Waals surface area (Å²) in [6.07, 6.45) is 14.2. The van der Waals surface area contributed by atoms with Crippen LogP contribution in [0.25, 0.3) is 10.8 Å². The second-order valence-corrected chi connectivity index (χ2v) is 10.2. The third-order valence-electron chi connectivity index (χ3n) is 7.63. The first kappa shape index (κ1) is 24.5. The van der Waals surface area contributed by atoms with Crippen molar-refractivity contribution in [2.24, 2.45) is 5.92 Å². The van der Waals surface area contributed by atoms with Gasteiger partial charge in [0.15, 0.2) is 0 Å². The molecule has 3 aromatic carbocycles. The summed E-state index contributed by atoms with van der Waals surface area (Å²) in [5, 5.41) is 1.67. The molecule has 178 valence electrons. The van der Waals surface area contributed by atoms with Gasteiger partial charge in [-0.05, 0) is 85.1 Å². The van der Waals surface area contributed by atoms with E-state index in [1.54, 1.807) is 0 Å². The van der Waals surface area contributed by atoms with Gasteiger partial charge in [0.25, 0.3) is 0 Å². The minimum Gasteiger partial charge on any atom is -0.205 e. The second kappa shape index (κ2) is 12.2. The predicted molar refractivity (Wildman–Crippen MR) is 144 cm³/mol. The van der Waals surface area contributed by atoms with E-state index in [2.05, 4.69) is 50.0 Å². The van der Waals surface area contributed by atoms with Crippen LogP contribution in [0.1, 0.15) is 106 Å². The van der Waals surface area contributed by atoms with Gasteiger partial charge in [0.2, 0.25) is 0 Å². The standard InChI is InChI=1S/C33H39F/c1-3-5-7-9-26-14-17-28(18-15-26)30-22-23-32-31(24-30)21-20-29(33(32)34)19-16-27-12-10-25(11-13-27)8-6-4-2/h10-13,20-24,26,28H,3-9,14-15,17-18H2,1-2H3. The zero-order valence-electron chi connectivity index (χ0n) is 21.0. The first-order chi connectivity index (χ1) is 16.7. The van der Waals surface area contributed by atoms with Crippen LogP contribution < -0.4 is 0 Å². The van der Waals surface area contributed by atoms with Crippen molar-refractivity contribution in [2.75, 3.05) is 0 Å². The predicted octanol–water partition coefficient (Wildman–Crippen LogP) is 9.58. The van der Waals surface area contributed by atoms with Crippen LogP contribution in [0.2, 0.25) is 0 Å². The lowest BCUT2D eigenvalue weighted by Crippen LogP contribution is -2.13. The van der Waals surface area contributed by atoms with E-state index in [9.17, 15) is 0 Å². The van der Waals surface area contributed by atoms with Crippen molar-refractivity contribution in [2.45, 2.75) is 90.4 Å². The number of rotatable bonds is 8. The Kier molecular flexibility index (Phi) is 8.81. The van der Waals surface area contributed by atoms with Crippen LogP contribution in [0, 0.1) is 23.6 Å². The van der Waals surface area contributed by atoms with Crippen LogP contribution >= 0.6 is 0 Å². The monoisotopic (exact) mass is 454 g/mol. The molecule has 0 nitrogen and oxygen atoms in total. The van der Waals surface area contributed by atoms with Gasteiger partial charge >= 0.3 is 0 Å². The lowest BCUT2D eigenvalue weighted by atomic mass is 9.77. The lowest BCUT2D eigenvalue weighted by Gasteiger charge is -2.29. The topological polar surface area (TPSA) is 0 Å². The molecule has 1 heteroatoms. The summed E-state index contributed by atoms with van der Waals surface area (Å²) in [5.74, 6) is 7.54. The van der Waals surface area contributed by atoms with E-state index < -0.39 is 0 Å². The lowest BCUT2D eigenvalue weighted by molar-refractivity contribution is 0.303. The molecule has 0 saturated heterocycles. The second-order valence-electron chi connectivity index (χ2n) is 10.2. The average Bonchev–Trinajstić information content (AvgIpc) is 2.88. The molecule has 0 heterocycles. The van der Waals surface area contributed by atoms with Crippen molar-refractivity contribution in [3.63, 3.8) is 0 Å². The smallest absolute Gasteiger partial charge is 0.146 e. The quantitative estimate of drug-likeness (QED) is 0.235. The molecule has 0 bridgehead atoms. The van der Waals surface area contributed by atoms with Crippen molar-refractivity contribution >= 4 is 10.8 Å². The van der Waals surface area contributed by atoms with Crippen LogP contribution in [-0.4, -0.2) is 0 Å². The molecule has 0 aliphatic heterocycles. The number of hydrogen-bond acceptors (Lipinski definition) is 0. The molecule has 1 aliphatic rings. The van der Waals surface area contributed by atoms with E-state index in [0.717, 1.165) is 23.3 Å². The molecule has 0 spiro atoms. The van der Waals surface area contributed by atoms with Crippen LogP contribution in [0.5, 0.6) is 0 Å². The Bertz CT molecular complexity index is 1120. The summed E-state index contributed by atoms with van der Waals surface area (Å²) in [5.41, 5.74) is 4.12. The molecule has 1 aliphatic carbocycles. The molecular formula is C33H39F. The molecule has 0 aromatic heterocycles. The highest BCUT2D eigenvalue weighted by atomic mass is 19.1. The van der Waals surface area contributed by atoms with Gasteiger partial charge < -0.3 is 0 Å². The van der Waals surface area contributed by atoms with Gasteiger partial charge in [-0.1, -0.05) is 94.2 Å². The minimum absolute atomic E-state index is 0.198. The van der Waals surface area contributed by atoms with E-state index >= 15 is 4.39 Å². The van der Waals surface area contributed by atoms with Crippen LogP contribution in [0.3, 0.4) is 0 Å². The highest BCUT2D eigenvalue weighted by Crippen LogP contribution is 2.38. The molecule has 0 amide bonds. The number of hydrogen-bond donors (Lipinski definition) is 0. The summed E-state index contributed by atoms with van der Waals surface area (Å²) in [7, 11) is 0. The molecule has 0 unspecified atom stereocenters.